The molecule has 2 amide bonds. The molecule has 1 aliphatic rings. The molecular formula is C20H27FN2O2. The zero-order chi connectivity index (χ0) is 18.1. The summed E-state index contributed by atoms with van der Waals surface area (Å²) >= 11 is 0. The molecule has 0 aromatic heterocycles. The van der Waals surface area contributed by atoms with Gasteiger partial charge in [-0.3, -0.25) is 9.59 Å². The van der Waals surface area contributed by atoms with E-state index in [1.807, 2.05) is 0 Å². The smallest absolute Gasteiger partial charge is 0.239 e. The zero-order valence-corrected chi connectivity index (χ0v) is 14.9. The van der Waals surface area contributed by atoms with Crippen molar-refractivity contribution in [3.8, 4) is 0 Å². The van der Waals surface area contributed by atoms with Crippen molar-refractivity contribution < 1.29 is 14.0 Å². The molecule has 0 atom stereocenters. The molecule has 2 rings (SSSR count). The highest BCUT2D eigenvalue weighted by molar-refractivity contribution is 5.83. The van der Waals surface area contributed by atoms with E-state index in [4.69, 9.17) is 0 Å². The van der Waals surface area contributed by atoms with E-state index in [0.717, 1.165) is 24.8 Å². The first-order valence-corrected chi connectivity index (χ1v) is 8.99. The van der Waals surface area contributed by atoms with Gasteiger partial charge in [0.15, 0.2) is 0 Å². The molecule has 4 nitrogen and oxygen atoms in total. The van der Waals surface area contributed by atoms with Crippen LogP contribution in [-0.2, 0) is 16.0 Å². The molecule has 1 aliphatic carbocycles. The van der Waals surface area contributed by atoms with Gasteiger partial charge in [0.1, 0.15) is 5.82 Å². The Morgan fingerprint density at radius 2 is 1.92 bits per heavy atom. The summed E-state index contributed by atoms with van der Waals surface area (Å²) in [5.41, 5.74) is 2.36. The van der Waals surface area contributed by atoms with Gasteiger partial charge in [-0.05, 0) is 56.2 Å². The van der Waals surface area contributed by atoms with Crippen LogP contribution in [0.3, 0.4) is 0 Å². The maximum Gasteiger partial charge on any atom is 0.239 e. The molecule has 0 fully saturated rings. The van der Waals surface area contributed by atoms with Crippen LogP contribution in [0, 0.1) is 5.82 Å². The van der Waals surface area contributed by atoms with Crippen molar-refractivity contribution in [1.82, 2.24) is 10.2 Å². The lowest BCUT2D eigenvalue weighted by Crippen LogP contribution is -2.40. The summed E-state index contributed by atoms with van der Waals surface area (Å²) in [6, 6.07) is 6.24. The monoisotopic (exact) mass is 346 g/mol. The number of hydrogen-bond acceptors (Lipinski definition) is 2. The van der Waals surface area contributed by atoms with E-state index in [-0.39, 0.29) is 24.2 Å². The molecule has 0 bridgehead atoms. The van der Waals surface area contributed by atoms with Crippen molar-refractivity contribution in [2.24, 2.45) is 0 Å². The number of allylic oxidation sites excluding steroid dienone is 1. The SMILES string of the molecule is CC(=O)N(CCC1=CCCCC1)CC(=O)NCCc1ccc(F)cc1. The average molecular weight is 346 g/mol. The number of amides is 2. The van der Waals surface area contributed by atoms with Crippen molar-refractivity contribution in [2.45, 2.75) is 45.4 Å². The summed E-state index contributed by atoms with van der Waals surface area (Å²) in [5.74, 6) is -0.502. The first kappa shape index (κ1) is 19.2. The molecule has 0 saturated carbocycles. The third kappa shape index (κ3) is 7.08. The Morgan fingerprint density at radius 3 is 2.56 bits per heavy atom. The van der Waals surface area contributed by atoms with Gasteiger partial charge >= 0.3 is 0 Å². The fourth-order valence-corrected chi connectivity index (χ4v) is 2.98. The van der Waals surface area contributed by atoms with Crippen LogP contribution in [0.2, 0.25) is 0 Å². The summed E-state index contributed by atoms with van der Waals surface area (Å²) in [5, 5.41) is 2.83. The standard InChI is InChI=1S/C20H27FN2O2/c1-16(24)23(14-12-17-5-3-2-4-6-17)15-20(25)22-13-11-18-7-9-19(21)10-8-18/h5,7-10H,2-4,6,11-15H2,1H3,(H,22,25). The average Bonchev–Trinajstić information content (AvgIpc) is 2.61. The highest BCUT2D eigenvalue weighted by Crippen LogP contribution is 2.20. The number of benzene rings is 1. The molecule has 136 valence electrons. The molecule has 0 saturated heterocycles. The Bertz CT molecular complexity index is 611. The Morgan fingerprint density at radius 1 is 1.16 bits per heavy atom. The van der Waals surface area contributed by atoms with Gasteiger partial charge in [-0.25, -0.2) is 4.39 Å². The van der Waals surface area contributed by atoms with Crippen molar-refractivity contribution in [3.05, 3.63) is 47.3 Å². The maximum absolute atomic E-state index is 12.9. The van der Waals surface area contributed by atoms with Crippen molar-refractivity contribution >= 4 is 11.8 Å². The minimum Gasteiger partial charge on any atom is -0.354 e. The van der Waals surface area contributed by atoms with Gasteiger partial charge in [-0.2, -0.15) is 0 Å². The highest BCUT2D eigenvalue weighted by atomic mass is 19.1. The number of nitrogens with zero attached hydrogens (tertiary/aromatic N) is 1. The number of hydrogen-bond donors (Lipinski definition) is 1. The second-order valence-electron chi connectivity index (χ2n) is 6.53. The third-order valence-corrected chi connectivity index (χ3v) is 4.52. The number of nitrogens with one attached hydrogen (secondary N) is 1. The van der Waals surface area contributed by atoms with Gasteiger partial charge in [0.25, 0.3) is 0 Å². The van der Waals surface area contributed by atoms with Crippen molar-refractivity contribution in [3.63, 3.8) is 0 Å². The van der Waals surface area contributed by atoms with Gasteiger partial charge in [-0.1, -0.05) is 23.8 Å². The lowest BCUT2D eigenvalue weighted by atomic mass is 9.97. The Labute approximate surface area is 149 Å². The summed E-state index contributed by atoms with van der Waals surface area (Å²) in [6.45, 7) is 2.65. The maximum atomic E-state index is 12.9. The molecular weight excluding hydrogens is 319 g/mol. The summed E-state index contributed by atoms with van der Waals surface area (Å²) in [6.07, 6.45) is 8.45. The van der Waals surface area contributed by atoms with E-state index < -0.39 is 0 Å². The number of carbonyl (C=O) groups is 2. The van der Waals surface area contributed by atoms with Crippen LogP contribution in [0.1, 0.15) is 44.6 Å². The minimum atomic E-state index is -0.266. The van der Waals surface area contributed by atoms with E-state index in [1.165, 1.54) is 37.5 Å². The van der Waals surface area contributed by atoms with Crippen LogP contribution in [0.25, 0.3) is 0 Å². The molecule has 1 N–H and O–H groups in total. The number of rotatable bonds is 8. The summed E-state index contributed by atoms with van der Waals surface area (Å²) in [4.78, 5) is 25.4. The fraction of sp³-hybridized carbons (Fsp3) is 0.500. The second kappa shape index (κ2) is 9.97. The van der Waals surface area contributed by atoms with Crippen LogP contribution in [0.4, 0.5) is 4.39 Å². The molecule has 0 aliphatic heterocycles. The van der Waals surface area contributed by atoms with Gasteiger partial charge in [0.2, 0.25) is 11.8 Å². The lowest BCUT2D eigenvalue weighted by Gasteiger charge is -2.22. The van der Waals surface area contributed by atoms with Crippen molar-refractivity contribution in [2.75, 3.05) is 19.6 Å². The minimum absolute atomic E-state index is 0.0786. The summed E-state index contributed by atoms with van der Waals surface area (Å²) < 4.78 is 12.9. The van der Waals surface area contributed by atoms with Gasteiger partial charge in [0, 0.05) is 20.0 Å². The molecule has 1 aromatic rings. The molecule has 0 radical (unpaired) electrons. The van der Waals surface area contributed by atoms with Crippen LogP contribution in [-0.4, -0.2) is 36.3 Å². The largest absolute Gasteiger partial charge is 0.354 e. The third-order valence-electron chi connectivity index (χ3n) is 4.52. The molecule has 1 aromatic carbocycles. The predicted molar refractivity (Wildman–Crippen MR) is 96.5 cm³/mol. The Kier molecular flexibility index (Phi) is 7.64. The van der Waals surface area contributed by atoms with Crippen LogP contribution in [0.15, 0.2) is 35.9 Å². The van der Waals surface area contributed by atoms with Gasteiger partial charge in [0.05, 0.1) is 6.54 Å². The van der Waals surface area contributed by atoms with Crippen LogP contribution >= 0.6 is 0 Å². The number of halogens is 1. The second-order valence-corrected chi connectivity index (χ2v) is 6.53. The van der Waals surface area contributed by atoms with E-state index >= 15 is 0 Å². The first-order valence-electron chi connectivity index (χ1n) is 8.99. The molecule has 0 unspecified atom stereocenters. The van der Waals surface area contributed by atoms with E-state index in [0.29, 0.717) is 19.5 Å². The van der Waals surface area contributed by atoms with E-state index in [1.54, 1.807) is 17.0 Å². The number of carbonyl (C=O) groups excluding carboxylic acids is 2. The molecule has 5 heteroatoms. The summed E-state index contributed by atoms with van der Waals surface area (Å²) in [7, 11) is 0. The molecule has 0 heterocycles. The highest BCUT2D eigenvalue weighted by Gasteiger charge is 2.14. The predicted octanol–water partition coefficient (Wildman–Crippen LogP) is 3.22. The topological polar surface area (TPSA) is 49.4 Å². The van der Waals surface area contributed by atoms with Crippen LogP contribution in [0.5, 0.6) is 0 Å². The van der Waals surface area contributed by atoms with Crippen LogP contribution < -0.4 is 5.32 Å². The van der Waals surface area contributed by atoms with Crippen molar-refractivity contribution in [1.29, 1.82) is 0 Å². The van der Waals surface area contributed by atoms with E-state index in [9.17, 15) is 14.0 Å². The van der Waals surface area contributed by atoms with Gasteiger partial charge in [-0.15, -0.1) is 0 Å². The lowest BCUT2D eigenvalue weighted by molar-refractivity contribution is -0.134. The van der Waals surface area contributed by atoms with Gasteiger partial charge < -0.3 is 10.2 Å². The first-order chi connectivity index (χ1) is 12.0. The fourth-order valence-electron chi connectivity index (χ4n) is 2.98. The Hall–Kier alpha value is -2.17. The molecule has 25 heavy (non-hydrogen) atoms. The molecule has 0 spiro atoms. The quantitative estimate of drug-likeness (QED) is 0.735. The van der Waals surface area contributed by atoms with E-state index in [2.05, 4.69) is 11.4 Å². The normalized spacial score (nSPS) is 13.9. The Balaban J connectivity index is 1.72. The zero-order valence-electron chi connectivity index (χ0n) is 14.9.